The Morgan fingerprint density at radius 1 is 1.42 bits per heavy atom. The lowest BCUT2D eigenvalue weighted by atomic mass is 9.92. The van der Waals surface area contributed by atoms with E-state index in [0.29, 0.717) is 6.04 Å². The molecule has 1 amide bonds. The van der Waals surface area contributed by atoms with Crippen molar-refractivity contribution < 1.29 is 4.79 Å². The standard InChI is InChI=1S/C16H24N2O/c1-3-7-15(13-8-5-4-6-9-13)16(19)18(2)14-10-11-17-12-14/h4-6,8-9,14-15,17H,3,7,10-12H2,1-2H3. The summed E-state index contributed by atoms with van der Waals surface area (Å²) in [4.78, 5) is 14.7. The van der Waals surface area contributed by atoms with Crippen LogP contribution in [0.1, 0.15) is 37.7 Å². The average molecular weight is 260 g/mol. The van der Waals surface area contributed by atoms with Gasteiger partial charge >= 0.3 is 0 Å². The van der Waals surface area contributed by atoms with E-state index in [9.17, 15) is 4.79 Å². The summed E-state index contributed by atoms with van der Waals surface area (Å²) in [5, 5.41) is 3.32. The summed E-state index contributed by atoms with van der Waals surface area (Å²) in [5.41, 5.74) is 1.15. The van der Waals surface area contributed by atoms with Gasteiger partial charge in [0.15, 0.2) is 0 Å². The maximum absolute atomic E-state index is 12.7. The second-order valence-corrected chi connectivity index (χ2v) is 5.35. The normalized spacial score (nSPS) is 20.2. The van der Waals surface area contributed by atoms with Gasteiger partial charge in [-0.05, 0) is 24.9 Å². The number of rotatable bonds is 5. The zero-order valence-electron chi connectivity index (χ0n) is 11.9. The van der Waals surface area contributed by atoms with E-state index >= 15 is 0 Å². The lowest BCUT2D eigenvalue weighted by Gasteiger charge is -2.28. The van der Waals surface area contributed by atoms with Crippen LogP contribution in [0.15, 0.2) is 30.3 Å². The van der Waals surface area contributed by atoms with Crippen LogP contribution < -0.4 is 5.32 Å². The second kappa shape index (κ2) is 6.71. The summed E-state index contributed by atoms with van der Waals surface area (Å²) in [7, 11) is 1.95. The van der Waals surface area contributed by atoms with Crippen molar-refractivity contribution in [2.75, 3.05) is 20.1 Å². The number of nitrogens with one attached hydrogen (secondary N) is 1. The highest BCUT2D eigenvalue weighted by Crippen LogP contribution is 2.24. The quantitative estimate of drug-likeness (QED) is 0.881. The molecule has 19 heavy (non-hydrogen) atoms. The van der Waals surface area contributed by atoms with Crippen molar-refractivity contribution in [2.45, 2.75) is 38.1 Å². The average Bonchev–Trinajstić information content (AvgIpc) is 2.98. The fraction of sp³-hybridized carbons (Fsp3) is 0.562. The molecule has 0 bridgehead atoms. The Morgan fingerprint density at radius 2 is 2.16 bits per heavy atom. The molecule has 0 aliphatic carbocycles. The lowest BCUT2D eigenvalue weighted by molar-refractivity contribution is -0.133. The van der Waals surface area contributed by atoms with E-state index in [2.05, 4.69) is 24.4 Å². The van der Waals surface area contributed by atoms with Crippen molar-refractivity contribution in [3.63, 3.8) is 0 Å². The predicted molar refractivity (Wildman–Crippen MR) is 78.1 cm³/mol. The van der Waals surface area contributed by atoms with Crippen LogP contribution in [0.2, 0.25) is 0 Å². The summed E-state index contributed by atoms with van der Waals surface area (Å²) in [6.45, 7) is 4.09. The molecule has 2 unspecified atom stereocenters. The van der Waals surface area contributed by atoms with Gasteiger partial charge in [-0.15, -0.1) is 0 Å². The van der Waals surface area contributed by atoms with E-state index in [4.69, 9.17) is 0 Å². The van der Waals surface area contributed by atoms with Crippen molar-refractivity contribution in [2.24, 2.45) is 0 Å². The molecule has 1 aromatic carbocycles. The van der Waals surface area contributed by atoms with Gasteiger partial charge in [0.2, 0.25) is 5.91 Å². The van der Waals surface area contributed by atoms with Crippen LogP contribution in [0.4, 0.5) is 0 Å². The van der Waals surface area contributed by atoms with Crippen LogP contribution in [0.5, 0.6) is 0 Å². The Kier molecular flexibility index (Phi) is 4.97. The number of hydrogen-bond acceptors (Lipinski definition) is 2. The van der Waals surface area contributed by atoms with Crippen LogP contribution in [-0.2, 0) is 4.79 Å². The summed E-state index contributed by atoms with van der Waals surface area (Å²) in [6.07, 6.45) is 3.02. The number of amides is 1. The van der Waals surface area contributed by atoms with Crippen LogP contribution >= 0.6 is 0 Å². The minimum absolute atomic E-state index is 0.0109. The van der Waals surface area contributed by atoms with E-state index in [1.165, 1.54) is 0 Å². The fourth-order valence-electron chi connectivity index (χ4n) is 2.80. The van der Waals surface area contributed by atoms with E-state index in [1.54, 1.807) is 0 Å². The fourth-order valence-corrected chi connectivity index (χ4v) is 2.80. The first-order valence-corrected chi connectivity index (χ1v) is 7.26. The molecular formula is C16H24N2O. The molecule has 1 N–H and O–H groups in total. The maximum Gasteiger partial charge on any atom is 0.230 e. The van der Waals surface area contributed by atoms with Gasteiger partial charge in [-0.3, -0.25) is 4.79 Å². The van der Waals surface area contributed by atoms with E-state index in [0.717, 1.165) is 37.9 Å². The smallest absolute Gasteiger partial charge is 0.230 e. The van der Waals surface area contributed by atoms with Gasteiger partial charge in [-0.2, -0.15) is 0 Å². The molecule has 3 nitrogen and oxygen atoms in total. The summed E-state index contributed by atoms with van der Waals surface area (Å²) in [5.74, 6) is 0.276. The summed E-state index contributed by atoms with van der Waals surface area (Å²) < 4.78 is 0. The Hall–Kier alpha value is -1.35. The van der Waals surface area contributed by atoms with Gasteiger partial charge in [0.05, 0.1) is 5.92 Å². The van der Waals surface area contributed by atoms with Gasteiger partial charge < -0.3 is 10.2 Å². The zero-order chi connectivity index (χ0) is 13.7. The first-order valence-electron chi connectivity index (χ1n) is 7.26. The molecule has 1 saturated heterocycles. The Morgan fingerprint density at radius 3 is 2.74 bits per heavy atom. The largest absolute Gasteiger partial charge is 0.341 e. The first-order chi connectivity index (χ1) is 9.24. The minimum Gasteiger partial charge on any atom is -0.341 e. The highest BCUT2D eigenvalue weighted by molar-refractivity contribution is 5.83. The van der Waals surface area contributed by atoms with Crippen molar-refractivity contribution in [1.29, 1.82) is 0 Å². The predicted octanol–water partition coefficient (Wildman–Crippen LogP) is 2.39. The van der Waals surface area contributed by atoms with Crippen LogP contribution in [0, 0.1) is 0 Å². The maximum atomic E-state index is 12.7. The molecule has 1 fully saturated rings. The number of carbonyl (C=O) groups excluding carboxylic acids is 1. The number of benzene rings is 1. The van der Waals surface area contributed by atoms with Crippen molar-refractivity contribution in [3.8, 4) is 0 Å². The molecule has 1 aromatic rings. The van der Waals surface area contributed by atoms with Gasteiger partial charge in [-0.1, -0.05) is 43.7 Å². The molecule has 0 saturated carbocycles. The van der Waals surface area contributed by atoms with Crippen molar-refractivity contribution >= 4 is 5.91 Å². The van der Waals surface area contributed by atoms with Gasteiger partial charge in [-0.25, -0.2) is 0 Å². The number of hydrogen-bond donors (Lipinski definition) is 1. The van der Waals surface area contributed by atoms with E-state index < -0.39 is 0 Å². The summed E-state index contributed by atoms with van der Waals surface area (Å²) in [6, 6.07) is 10.5. The topological polar surface area (TPSA) is 32.3 Å². The summed E-state index contributed by atoms with van der Waals surface area (Å²) >= 11 is 0. The third kappa shape index (κ3) is 3.35. The number of likely N-dealkylation sites (N-methyl/N-ethyl adjacent to an activating group) is 1. The van der Waals surface area contributed by atoms with Crippen LogP contribution in [0.25, 0.3) is 0 Å². The number of carbonyl (C=O) groups is 1. The van der Waals surface area contributed by atoms with Gasteiger partial charge in [0, 0.05) is 19.6 Å². The minimum atomic E-state index is 0.0109. The highest BCUT2D eigenvalue weighted by Gasteiger charge is 2.28. The van der Waals surface area contributed by atoms with Crippen molar-refractivity contribution in [3.05, 3.63) is 35.9 Å². The molecule has 3 heteroatoms. The highest BCUT2D eigenvalue weighted by atomic mass is 16.2. The Balaban J connectivity index is 2.12. The third-order valence-electron chi connectivity index (χ3n) is 4.01. The SMILES string of the molecule is CCCC(C(=O)N(C)C1CCNC1)c1ccccc1. The first kappa shape index (κ1) is 14.1. The molecule has 2 rings (SSSR count). The molecule has 0 spiro atoms. The zero-order valence-corrected chi connectivity index (χ0v) is 11.9. The Labute approximate surface area is 116 Å². The molecular weight excluding hydrogens is 236 g/mol. The molecule has 1 aliphatic rings. The van der Waals surface area contributed by atoms with Crippen LogP contribution in [-0.4, -0.2) is 37.0 Å². The van der Waals surface area contributed by atoms with E-state index in [-0.39, 0.29) is 11.8 Å². The van der Waals surface area contributed by atoms with Gasteiger partial charge in [0.1, 0.15) is 0 Å². The second-order valence-electron chi connectivity index (χ2n) is 5.35. The van der Waals surface area contributed by atoms with Crippen LogP contribution in [0.3, 0.4) is 0 Å². The lowest BCUT2D eigenvalue weighted by Crippen LogP contribution is -2.41. The van der Waals surface area contributed by atoms with Crippen molar-refractivity contribution in [1.82, 2.24) is 10.2 Å². The third-order valence-corrected chi connectivity index (χ3v) is 4.01. The molecule has 1 aliphatic heterocycles. The number of nitrogens with zero attached hydrogens (tertiary/aromatic N) is 1. The molecule has 0 radical (unpaired) electrons. The Bertz CT molecular complexity index is 398. The van der Waals surface area contributed by atoms with Gasteiger partial charge in [0.25, 0.3) is 0 Å². The molecule has 0 aromatic heterocycles. The molecule has 104 valence electrons. The van der Waals surface area contributed by atoms with E-state index in [1.807, 2.05) is 30.1 Å². The molecule has 2 atom stereocenters. The monoisotopic (exact) mass is 260 g/mol. The molecule has 1 heterocycles.